The van der Waals surface area contributed by atoms with Crippen molar-refractivity contribution in [2.45, 2.75) is 0 Å². The zero-order chi connectivity index (χ0) is 37.4. The van der Waals surface area contributed by atoms with Crippen molar-refractivity contribution in [2.75, 3.05) is 0 Å². The Morgan fingerprint density at radius 2 is 1.09 bits per heavy atom. The summed E-state index contributed by atoms with van der Waals surface area (Å²) in [6.45, 7) is 0. The SMILES string of the molecule is N=C(/C(=C1\NC(c2ccccc2)=Cc2ccccc21)c1ccccc1)c1ccc(-c2cc(-c3ccccc3)nc(-c3cccc4sc5ccccc5c34)n2)cc1. The van der Waals surface area contributed by atoms with Crippen molar-refractivity contribution in [2.24, 2.45) is 0 Å². The van der Waals surface area contributed by atoms with Gasteiger partial charge in [-0.25, -0.2) is 9.97 Å². The van der Waals surface area contributed by atoms with Gasteiger partial charge in [0.2, 0.25) is 0 Å². The molecular weight excluding hydrogens is 701 g/mol. The molecule has 5 heteroatoms. The summed E-state index contributed by atoms with van der Waals surface area (Å²) in [7, 11) is 0. The fourth-order valence-corrected chi connectivity index (χ4v) is 8.75. The van der Waals surface area contributed by atoms with Crippen molar-refractivity contribution in [3.63, 3.8) is 0 Å². The van der Waals surface area contributed by atoms with Crippen LogP contribution in [0.3, 0.4) is 0 Å². The summed E-state index contributed by atoms with van der Waals surface area (Å²) in [6.07, 6.45) is 2.19. The van der Waals surface area contributed by atoms with E-state index >= 15 is 0 Å². The minimum absolute atomic E-state index is 0.429. The molecule has 0 radical (unpaired) electrons. The minimum Gasteiger partial charge on any atom is -0.354 e. The average Bonchev–Trinajstić information content (AvgIpc) is 3.66. The Kier molecular flexibility index (Phi) is 8.47. The molecule has 3 heterocycles. The summed E-state index contributed by atoms with van der Waals surface area (Å²) in [5.74, 6) is 0.688. The normalized spacial score (nSPS) is 13.2. The van der Waals surface area contributed by atoms with Crippen LogP contribution >= 0.6 is 11.3 Å². The molecule has 0 amide bonds. The van der Waals surface area contributed by atoms with E-state index in [1.165, 1.54) is 20.2 Å². The number of nitrogens with zero attached hydrogens (tertiary/aromatic N) is 2. The highest BCUT2D eigenvalue weighted by Crippen LogP contribution is 2.40. The van der Waals surface area contributed by atoms with Crippen molar-refractivity contribution in [3.05, 3.63) is 216 Å². The lowest BCUT2D eigenvalue weighted by Crippen LogP contribution is -2.20. The highest BCUT2D eigenvalue weighted by molar-refractivity contribution is 7.25. The van der Waals surface area contributed by atoms with Gasteiger partial charge in [-0.3, -0.25) is 5.41 Å². The zero-order valence-electron chi connectivity index (χ0n) is 30.3. The summed E-state index contributed by atoms with van der Waals surface area (Å²) in [5, 5.41) is 16.0. The first-order valence-corrected chi connectivity index (χ1v) is 19.5. The summed E-state index contributed by atoms with van der Waals surface area (Å²) in [6, 6.07) is 64.6. The van der Waals surface area contributed by atoms with Crippen molar-refractivity contribution in [3.8, 4) is 33.9 Å². The van der Waals surface area contributed by atoms with Gasteiger partial charge >= 0.3 is 0 Å². The molecule has 0 saturated carbocycles. The van der Waals surface area contributed by atoms with Crippen molar-refractivity contribution in [1.82, 2.24) is 15.3 Å². The van der Waals surface area contributed by atoms with E-state index in [1.54, 1.807) is 11.3 Å². The first-order chi connectivity index (χ1) is 27.7. The maximum atomic E-state index is 9.83. The molecule has 56 heavy (non-hydrogen) atoms. The first-order valence-electron chi connectivity index (χ1n) is 18.7. The van der Waals surface area contributed by atoms with Crippen LogP contribution in [-0.4, -0.2) is 15.7 Å². The Labute approximate surface area is 329 Å². The molecule has 0 saturated heterocycles. The molecule has 2 aromatic heterocycles. The quantitative estimate of drug-likeness (QED) is 0.160. The van der Waals surface area contributed by atoms with E-state index in [1.807, 2.05) is 54.6 Å². The summed E-state index contributed by atoms with van der Waals surface area (Å²) in [4.78, 5) is 10.4. The Hall–Kier alpha value is -7.21. The molecule has 0 spiro atoms. The van der Waals surface area contributed by atoms with E-state index in [9.17, 15) is 5.41 Å². The smallest absolute Gasteiger partial charge is 0.161 e. The topological polar surface area (TPSA) is 61.7 Å². The first kappa shape index (κ1) is 33.4. The molecule has 0 bridgehead atoms. The number of allylic oxidation sites excluding steroid dienone is 1. The molecule has 0 fully saturated rings. The number of rotatable bonds is 7. The third-order valence-electron chi connectivity index (χ3n) is 10.3. The molecule has 0 aliphatic carbocycles. The predicted octanol–water partition coefficient (Wildman–Crippen LogP) is 12.9. The average molecular weight is 735 g/mol. The van der Waals surface area contributed by atoms with Gasteiger partial charge in [-0.2, -0.15) is 0 Å². The van der Waals surface area contributed by atoms with Crippen molar-refractivity contribution in [1.29, 1.82) is 5.41 Å². The van der Waals surface area contributed by atoms with Crippen LogP contribution in [0.2, 0.25) is 0 Å². The Morgan fingerprint density at radius 1 is 0.500 bits per heavy atom. The number of hydrogen-bond donors (Lipinski definition) is 2. The van der Waals surface area contributed by atoms with Crippen LogP contribution in [0.5, 0.6) is 0 Å². The van der Waals surface area contributed by atoms with Gasteiger partial charge in [0, 0.05) is 59.3 Å². The van der Waals surface area contributed by atoms with E-state index in [0.29, 0.717) is 11.5 Å². The van der Waals surface area contributed by atoms with Crippen molar-refractivity contribution < 1.29 is 0 Å². The third kappa shape index (κ3) is 6.10. The monoisotopic (exact) mass is 734 g/mol. The van der Waals surface area contributed by atoms with E-state index in [-0.39, 0.29) is 0 Å². The number of benzene rings is 7. The van der Waals surface area contributed by atoms with Gasteiger partial charge in [-0.1, -0.05) is 170 Å². The second-order valence-corrected chi connectivity index (χ2v) is 14.9. The molecule has 1 aliphatic rings. The molecular formula is C51H34N4S. The van der Waals surface area contributed by atoms with Crippen LogP contribution < -0.4 is 5.32 Å². The predicted molar refractivity (Wildman–Crippen MR) is 235 cm³/mol. The van der Waals surface area contributed by atoms with Gasteiger partial charge < -0.3 is 5.32 Å². The van der Waals surface area contributed by atoms with E-state index in [0.717, 1.165) is 72.9 Å². The lowest BCUT2D eigenvalue weighted by molar-refractivity contribution is 1.19. The summed E-state index contributed by atoms with van der Waals surface area (Å²) >= 11 is 1.80. The number of fused-ring (bicyclic) bond motifs is 4. The highest BCUT2D eigenvalue weighted by Gasteiger charge is 2.24. The van der Waals surface area contributed by atoms with Gasteiger partial charge in [0.25, 0.3) is 0 Å². The highest BCUT2D eigenvalue weighted by atomic mass is 32.1. The van der Waals surface area contributed by atoms with E-state index < -0.39 is 0 Å². The number of aromatic nitrogens is 2. The molecule has 0 atom stereocenters. The molecule has 9 aromatic rings. The number of thiophene rings is 1. The van der Waals surface area contributed by atoms with Crippen LogP contribution in [0.1, 0.15) is 27.8 Å². The fraction of sp³-hybridized carbons (Fsp3) is 0. The van der Waals surface area contributed by atoms with Crippen LogP contribution in [0.15, 0.2) is 188 Å². The zero-order valence-corrected chi connectivity index (χ0v) is 31.1. The second kappa shape index (κ2) is 14.2. The van der Waals surface area contributed by atoms with Crippen LogP contribution in [-0.2, 0) is 0 Å². The van der Waals surface area contributed by atoms with Crippen LogP contribution in [0, 0.1) is 5.41 Å². The maximum absolute atomic E-state index is 9.83. The molecule has 4 nitrogen and oxygen atoms in total. The number of hydrogen-bond acceptors (Lipinski definition) is 5. The number of nitrogens with one attached hydrogen (secondary N) is 2. The third-order valence-corrected chi connectivity index (χ3v) is 11.5. The summed E-state index contributed by atoms with van der Waals surface area (Å²) in [5.41, 5.74) is 12.9. The van der Waals surface area contributed by atoms with Crippen LogP contribution in [0.4, 0.5) is 0 Å². The standard InChI is InChI=1S/C51H34N4S/c52-49(47(36-19-8-3-9-20-36)50-39-22-11-10-21-38(39)31-42(53-50)33-15-4-1-5-16-33)37-29-27-35(28-30-37)44-32-43(34-17-6-2-7-18-34)54-51(55-44)41-24-14-26-46-48(41)40-23-12-13-25-45(40)56-46/h1-32,52-53H/b50-47-,52-49?. The molecule has 7 aromatic carbocycles. The van der Waals surface area contributed by atoms with Gasteiger partial charge in [0.15, 0.2) is 5.82 Å². The van der Waals surface area contributed by atoms with E-state index in [2.05, 4.69) is 145 Å². The van der Waals surface area contributed by atoms with Crippen LogP contribution in [0.25, 0.3) is 77.1 Å². The molecule has 2 N–H and O–H groups in total. The second-order valence-electron chi connectivity index (χ2n) is 13.8. The molecule has 264 valence electrons. The van der Waals surface area contributed by atoms with Crippen molar-refractivity contribution >= 4 is 60.3 Å². The Morgan fingerprint density at radius 3 is 1.84 bits per heavy atom. The molecule has 10 rings (SSSR count). The lowest BCUT2D eigenvalue weighted by atomic mass is 9.88. The van der Waals surface area contributed by atoms with E-state index in [4.69, 9.17) is 9.97 Å². The summed E-state index contributed by atoms with van der Waals surface area (Å²) < 4.78 is 2.46. The van der Waals surface area contributed by atoms with Gasteiger partial charge in [0.1, 0.15) is 0 Å². The largest absolute Gasteiger partial charge is 0.354 e. The van der Waals surface area contributed by atoms with Gasteiger partial charge in [-0.15, -0.1) is 11.3 Å². The lowest BCUT2D eigenvalue weighted by Gasteiger charge is -2.26. The molecule has 1 aliphatic heterocycles. The minimum atomic E-state index is 0.429. The Bertz CT molecular complexity index is 2980. The van der Waals surface area contributed by atoms with Gasteiger partial charge in [-0.05, 0) is 41.0 Å². The maximum Gasteiger partial charge on any atom is 0.161 e. The fourth-order valence-electron chi connectivity index (χ4n) is 7.62. The Balaban J connectivity index is 1.09. The van der Waals surface area contributed by atoms with Gasteiger partial charge in [0.05, 0.1) is 22.8 Å². The molecule has 0 unspecified atom stereocenters.